The first kappa shape index (κ1) is 13.8. The second-order valence-corrected chi connectivity index (χ2v) is 4.30. The monoisotopic (exact) mass is 218 g/mol. The lowest BCUT2D eigenvalue weighted by molar-refractivity contribution is -0.122. The molecule has 1 atom stereocenters. The molecule has 0 saturated carbocycles. The molecule has 0 rings (SSSR count). The Hall–Kier alpha value is -0.220. The molecule has 0 radical (unpaired) electrons. The van der Waals surface area contributed by atoms with Crippen LogP contribution in [0.3, 0.4) is 0 Å². The molecule has 1 amide bonds. The fraction of sp³-hybridized carbons (Fsp3) is 0.900. The van der Waals surface area contributed by atoms with Crippen molar-refractivity contribution in [1.29, 1.82) is 0 Å². The lowest BCUT2D eigenvalue weighted by atomic mass is 10.3. The zero-order chi connectivity index (χ0) is 10.8. The van der Waals surface area contributed by atoms with Gasteiger partial charge in [-0.1, -0.05) is 13.3 Å². The normalized spacial score (nSPS) is 12.5. The largest absolute Gasteiger partial charge is 0.355 e. The second-order valence-electron chi connectivity index (χ2n) is 3.31. The lowest BCUT2D eigenvalue weighted by Gasteiger charge is -2.13. The van der Waals surface area contributed by atoms with E-state index in [0.717, 1.165) is 31.7 Å². The summed E-state index contributed by atoms with van der Waals surface area (Å²) in [6, 6.07) is -0.0704. The van der Waals surface area contributed by atoms with E-state index >= 15 is 0 Å². The first-order valence-electron chi connectivity index (χ1n) is 5.22. The van der Waals surface area contributed by atoms with Gasteiger partial charge < -0.3 is 10.6 Å². The zero-order valence-corrected chi connectivity index (χ0v) is 10.2. The van der Waals surface area contributed by atoms with Crippen LogP contribution in [0, 0.1) is 0 Å². The highest BCUT2D eigenvalue weighted by Crippen LogP contribution is 1.90. The van der Waals surface area contributed by atoms with Crippen molar-refractivity contribution in [2.75, 3.05) is 25.1 Å². The van der Waals surface area contributed by atoms with E-state index in [1.54, 1.807) is 11.8 Å². The Morgan fingerprint density at radius 3 is 2.71 bits per heavy atom. The van der Waals surface area contributed by atoms with Gasteiger partial charge in [-0.15, -0.1) is 0 Å². The summed E-state index contributed by atoms with van der Waals surface area (Å²) in [5.74, 6) is 1.16. The maximum absolute atomic E-state index is 11.4. The van der Waals surface area contributed by atoms with Gasteiger partial charge >= 0.3 is 0 Å². The third kappa shape index (κ3) is 7.21. The standard InChI is InChI=1S/C10H22N2OS/c1-4-5-6-12-10(13)9(2)11-7-8-14-3/h9,11H,4-8H2,1-3H3,(H,12,13). The van der Waals surface area contributed by atoms with Crippen molar-refractivity contribution in [3.8, 4) is 0 Å². The van der Waals surface area contributed by atoms with Gasteiger partial charge in [0.25, 0.3) is 0 Å². The third-order valence-corrected chi connectivity index (χ3v) is 2.59. The second kappa shape index (κ2) is 9.34. The van der Waals surface area contributed by atoms with Crippen LogP contribution in [0.15, 0.2) is 0 Å². The molecule has 0 spiro atoms. The molecule has 1 unspecified atom stereocenters. The average molecular weight is 218 g/mol. The number of carbonyl (C=O) groups excluding carboxylic acids is 1. The van der Waals surface area contributed by atoms with Crippen LogP contribution in [-0.4, -0.2) is 37.0 Å². The number of amides is 1. The summed E-state index contributed by atoms with van der Waals surface area (Å²) in [5.41, 5.74) is 0. The maximum atomic E-state index is 11.4. The Morgan fingerprint density at radius 2 is 2.14 bits per heavy atom. The molecule has 14 heavy (non-hydrogen) atoms. The van der Waals surface area contributed by atoms with Crippen LogP contribution >= 0.6 is 11.8 Å². The number of thioether (sulfide) groups is 1. The maximum Gasteiger partial charge on any atom is 0.236 e. The molecule has 0 saturated heterocycles. The highest BCUT2D eigenvalue weighted by Gasteiger charge is 2.09. The van der Waals surface area contributed by atoms with Crippen LogP contribution in [0.1, 0.15) is 26.7 Å². The van der Waals surface area contributed by atoms with E-state index in [1.165, 1.54) is 0 Å². The molecule has 0 aromatic carbocycles. The molecule has 0 fully saturated rings. The van der Waals surface area contributed by atoms with Crippen molar-refractivity contribution < 1.29 is 4.79 Å². The number of hydrogen-bond acceptors (Lipinski definition) is 3. The summed E-state index contributed by atoms with van der Waals surface area (Å²) in [7, 11) is 0. The highest BCUT2D eigenvalue weighted by molar-refractivity contribution is 7.98. The molecule has 0 aliphatic carbocycles. The minimum absolute atomic E-state index is 0.0704. The van der Waals surface area contributed by atoms with Gasteiger partial charge in [0, 0.05) is 18.8 Å². The van der Waals surface area contributed by atoms with Crippen LogP contribution in [0.25, 0.3) is 0 Å². The Kier molecular flexibility index (Phi) is 9.19. The van der Waals surface area contributed by atoms with Gasteiger partial charge in [-0.2, -0.15) is 11.8 Å². The van der Waals surface area contributed by atoms with Gasteiger partial charge in [-0.3, -0.25) is 4.79 Å². The van der Waals surface area contributed by atoms with Gasteiger partial charge in [0.15, 0.2) is 0 Å². The van der Waals surface area contributed by atoms with Crippen molar-refractivity contribution in [3.63, 3.8) is 0 Å². The summed E-state index contributed by atoms with van der Waals surface area (Å²) >= 11 is 1.78. The summed E-state index contributed by atoms with van der Waals surface area (Å²) in [4.78, 5) is 11.4. The molecule has 2 N–H and O–H groups in total. The molecule has 0 heterocycles. The van der Waals surface area contributed by atoms with E-state index in [0.29, 0.717) is 0 Å². The first-order chi connectivity index (χ1) is 6.72. The van der Waals surface area contributed by atoms with Crippen LogP contribution in [0.5, 0.6) is 0 Å². The van der Waals surface area contributed by atoms with Gasteiger partial charge in [0.05, 0.1) is 6.04 Å². The van der Waals surface area contributed by atoms with Gasteiger partial charge in [-0.05, 0) is 19.6 Å². The summed E-state index contributed by atoms with van der Waals surface area (Å²) in [6.07, 6.45) is 4.24. The third-order valence-electron chi connectivity index (χ3n) is 1.98. The molecular formula is C10H22N2OS. The van der Waals surface area contributed by atoms with Crippen LogP contribution in [0.4, 0.5) is 0 Å². The quantitative estimate of drug-likeness (QED) is 0.602. The van der Waals surface area contributed by atoms with Gasteiger partial charge in [0.1, 0.15) is 0 Å². The molecule has 84 valence electrons. The fourth-order valence-electron chi connectivity index (χ4n) is 1.01. The average Bonchev–Trinajstić information content (AvgIpc) is 2.18. The lowest BCUT2D eigenvalue weighted by Crippen LogP contribution is -2.43. The molecule has 0 bridgehead atoms. The van der Waals surface area contributed by atoms with Crippen LogP contribution in [-0.2, 0) is 4.79 Å². The molecule has 0 aliphatic rings. The van der Waals surface area contributed by atoms with E-state index in [-0.39, 0.29) is 11.9 Å². The Labute approximate surface area is 91.4 Å². The Morgan fingerprint density at radius 1 is 1.43 bits per heavy atom. The van der Waals surface area contributed by atoms with E-state index in [2.05, 4.69) is 23.8 Å². The van der Waals surface area contributed by atoms with Crippen molar-refractivity contribution in [1.82, 2.24) is 10.6 Å². The van der Waals surface area contributed by atoms with Gasteiger partial charge in [0.2, 0.25) is 5.91 Å². The Bertz CT molecular complexity index is 153. The summed E-state index contributed by atoms with van der Waals surface area (Å²) in [6.45, 7) is 5.71. The smallest absolute Gasteiger partial charge is 0.236 e. The molecule has 3 nitrogen and oxygen atoms in total. The minimum atomic E-state index is -0.0704. The van der Waals surface area contributed by atoms with Crippen LogP contribution < -0.4 is 10.6 Å². The zero-order valence-electron chi connectivity index (χ0n) is 9.43. The van der Waals surface area contributed by atoms with E-state index < -0.39 is 0 Å². The topological polar surface area (TPSA) is 41.1 Å². The molecular weight excluding hydrogens is 196 g/mol. The number of hydrogen-bond donors (Lipinski definition) is 2. The predicted molar refractivity (Wildman–Crippen MR) is 63.8 cm³/mol. The molecule has 0 aromatic rings. The number of rotatable bonds is 8. The van der Waals surface area contributed by atoms with Crippen molar-refractivity contribution in [3.05, 3.63) is 0 Å². The molecule has 0 aliphatic heterocycles. The molecule has 4 heteroatoms. The number of carbonyl (C=O) groups is 1. The summed E-state index contributed by atoms with van der Waals surface area (Å²) < 4.78 is 0. The van der Waals surface area contributed by atoms with E-state index in [4.69, 9.17) is 0 Å². The Balaban J connectivity index is 3.44. The first-order valence-corrected chi connectivity index (χ1v) is 6.61. The summed E-state index contributed by atoms with van der Waals surface area (Å²) in [5, 5.41) is 6.08. The molecule has 0 aromatic heterocycles. The van der Waals surface area contributed by atoms with Crippen molar-refractivity contribution in [2.45, 2.75) is 32.7 Å². The van der Waals surface area contributed by atoms with E-state index in [9.17, 15) is 4.79 Å². The van der Waals surface area contributed by atoms with E-state index in [1.807, 2.05) is 6.92 Å². The highest BCUT2D eigenvalue weighted by atomic mass is 32.2. The predicted octanol–water partition coefficient (Wildman–Crippen LogP) is 1.24. The SMILES string of the molecule is CCCCNC(=O)C(C)NCCSC. The van der Waals surface area contributed by atoms with Crippen molar-refractivity contribution >= 4 is 17.7 Å². The van der Waals surface area contributed by atoms with Gasteiger partial charge in [-0.25, -0.2) is 0 Å². The number of nitrogens with one attached hydrogen (secondary N) is 2. The number of unbranched alkanes of at least 4 members (excludes halogenated alkanes) is 1. The van der Waals surface area contributed by atoms with Crippen LogP contribution in [0.2, 0.25) is 0 Å². The minimum Gasteiger partial charge on any atom is -0.355 e. The fourth-order valence-corrected chi connectivity index (χ4v) is 1.33. The van der Waals surface area contributed by atoms with Crippen molar-refractivity contribution in [2.24, 2.45) is 0 Å².